The SMILES string of the molecule is CCOC(=O)[C@@H](N)Cc1ccc(-n2c(CC3CC3)nc3cccnc32)cc1. The van der Waals surface area contributed by atoms with Gasteiger partial charge in [-0.3, -0.25) is 9.36 Å². The first-order valence-electron chi connectivity index (χ1n) is 9.49. The van der Waals surface area contributed by atoms with Gasteiger partial charge in [-0.05, 0) is 61.9 Å². The number of hydrogen-bond acceptors (Lipinski definition) is 5. The number of carbonyl (C=O) groups excluding carboxylic acids is 1. The summed E-state index contributed by atoms with van der Waals surface area (Å²) >= 11 is 0. The van der Waals surface area contributed by atoms with Crippen LogP contribution >= 0.6 is 0 Å². The van der Waals surface area contributed by atoms with Gasteiger partial charge in [-0.2, -0.15) is 0 Å². The maximum atomic E-state index is 11.7. The summed E-state index contributed by atoms with van der Waals surface area (Å²) in [5.41, 5.74) is 9.75. The van der Waals surface area contributed by atoms with Crippen molar-refractivity contribution in [2.45, 2.75) is 38.6 Å². The number of carbonyl (C=O) groups is 1. The van der Waals surface area contributed by atoms with Crippen LogP contribution in [0.2, 0.25) is 0 Å². The van der Waals surface area contributed by atoms with Crippen molar-refractivity contribution >= 4 is 17.1 Å². The van der Waals surface area contributed by atoms with Crippen LogP contribution in [0.5, 0.6) is 0 Å². The molecule has 6 nitrogen and oxygen atoms in total. The predicted molar refractivity (Wildman–Crippen MR) is 104 cm³/mol. The van der Waals surface area contributed by atoms with E-state index in [9.17, 15) is 4.79 Å². The number of imidazole rings is 1. The summed E-state index contributed by atoms with van der Waals surface area (Å²) in [6, 6.07) is 11.4. The van der Waals surface area contributed by atoms with E-state index in [0.717, 1.165) is 40.6 Å². The summed E-state index contributed by atoms with van der Waals surface area (Å²) in [6.45, 7) is 2.12. The topological polar surface area (TPSA) is 83.0 Å². The van der Waals surface area contributed by atoms with Gasteiger partial charge in [0, 0.05) is 18.3 Å². The molecule has 0 aliphatic heterocycles. The molecule has 0 unspecified atom stereocenters. The molecule has 2 aromatic heterocycles. The summed E-state index contributed by atoms with van der Waals surface area (Å²) in [4.78, 5) is 21.1. The van der Waals surface area contributed by atoms with E-state index < -0.39 is 6.04 Å². The van der Waals surface area contributed by atoms with Crippen LogP contribution in [0.4, 0.5) is 0 Å². The second-order valence-corrected chi connectivity index (χ2v) is 7.09. The molecule has 1 fully saturated rings. The maximum Gasteiger partial charge on any atom is 0.323 e. The summed E-state index contributed by atoms with van der Waals surface area (Å²) in [5, 5.41) is 0. The zero-order valence-corrected chi connectivity index (χ0v) is 15.5. The Morgan fingerprint density at radius 1 is 1.30 bits per heavy atom. The Hall–Kier alpha value is -2.73. The fourth-order valence-electron chi connectivity index (χ4n) is 3.32. The van der Waals surface area contributed by atoms with Gasteiger partial charge in [0.05, 0.1) is 6.61 Å². The molecular formula is C21H24N4O2. The van der Waals surface area contributed by atoms with Gasteiger partial charge in [0.15, 0.2) is 5.65 Å². The predicted octanol–water partition coefficient (Wildman–Crippen LogP) is 2.81. The summed E-state index contributed by atoms with van der Waals surface area (Å²) in [5.74, 6) is 1.43. The lowest BCUT2D eigenvalue weighted by atomic mass is 10.1. The van der Waals surface area contributed by atoms with Gasteiger partial charge in [-0.15, -0.1) is 0 Å². The number of esters is 1. The third-order valence-corrected chi connectivity index (χ3v) is 4.89. The fourth-order valence-corrected chi connectivity index (χ4v) is 3.32. The van der Waals surface area contributed by atoms with Crippen LogP contribution in [0.3, 0.4) is 0 Å². The van der Waals surface area contributed by atoms with E-state index in [4.69, 9.17) is 15.5 Å². The summed E-state index contributed by atoms with van der Waals surface area (Å²) < 4.78 is 7.12. The van der Waals surface area contributed by atoms with Crippen molar-refractivity contribution in [3.05, 3.63) is 54.0 Å². The van der Waals surface area contributed by atoms with E-state index >= 15 is 0 Å². The number of hydrogen-bond donors (Lipinski definition) is 1. The van der Waals surface area contributed by atoms with Crippen molar-refractivity contribution < 1.29 is 9.53 Å². The highest BCUT2D eigenvalue weighted by Crippen LogP contribution is 2.34. The second kappa shape index (κ2) is 7.48. The zero-order chi connectivity index (χ0) is 18.8. The molecule has 0 amide bonds. The minimum Gasteiger partial charge on any atom is -0.465 e. The molecule has 2 heterocycles. The highest BCUT2D eigenvalue weighted by atomic mass is 16.5. The Morgan fingerprint density at radius 2 is 2.07 bits per heavy atom. The van der Waals surface area contributed by atoms with Gasteiger partial charge in [-0.25, -0.2) is 9.97 Å². The van der Waals surface area contributed by atoms with Crippen LogP contribution in [0.15, 0.2) is 42.6 Å². The lowest BCUT2D eigenvalue weighted by Gasteiger charge is -2.12. The average Bonchev–Trinajstić information content (AvgIpc) is 3.41. The van der Waals surface area contributed by atoms with Crippen molar-refractivity contribution in [1.82, 2.24) is 14.5 Å². The van der Waals surface area contributed by atoms with Crippen molar-refractivity contribution in [3.8, 4) is 5.69 Å². The lowest BCUT2D eigenvalue weighted by Crippen LogP contribution is -2.34. The molecule has 0 radical (unpaired) electrons. The highest BCUT2D eigenvalue weighted by Gasteiger charge is 2.25. The molecular weight excluding hydrogens is 340 g/mol. The molecule has 6 heteroatoms. The van der Waals surface area contributed by atoms with Gasteiger partial charge in [0.25, 0.3) is 0 Å². The first-order valence-corrected chi connectivity index (χ1v) is 9.49. The van der Waals surface area contributed by atoms with E-state index in [1.165, 1.54) is 12.8 Å². The number of nitrogens with two attached hydrogens (primary N) is 1. The lowest BCUT2D eigenvalue weighted by molar-refractivity contribution is -0.144. The smallest absolute Gasteiger partial charge is 0.323 e. The number of benzene rings is 1. The van der Waals surface area contributed by atoms with Crippen LogP contribution in [-0.2, 0) is 22.4 Å². The monoisotopic (exact) mass is 364 g/mol. The van der Waals surface area contributed by atoms with Gasteiger partial charge < -0.3 is 10.5 Å². The first kappa shape index (κ1) is 17.7. The maximum absolute atomic E-state index is 11.7. The Balaban J connectivity index is 1.61. The van der Waals surface area contributed by atoms with E-state index in [1.54, 1.807) is 13.1 Å². The normalized spacial score (nSPS) is 15.0. The van der Waals surface area contributed by atoms with Crippen LogP contribution in [0.1, 0.15) is 31.2 Å². The molecule has 2 N–H and O–H groups in total. The van der Waals surface area contributed by atoms with Gasteiger partial charge in [-0.1, -0.05) is 12.1 Å². The Kier molecular flexibility index (Phi) is 4.90. The van der Waals surface area contributed by atoms with Crippen molar-refractivity contribution in [3.63, 3.8) is 0 Å². The molecule has 0 saturated heterocycles. The number of rotatable bonds is 7. The van der Waals surface area contributed by atoms with E-state index in [0.29, 0.717) is 13.0 Å². The fraction of sp³-hybridized carbons (Fsp3) is 0.381. The number of nitrogens with zero attached hydrogens (tertiary/aromatic N) is 3. The van der Waals surface area contributed by atoms with E-state index in [-0.39, 0.29) is 5.97 Å². The molecule has 1 aromatic carbocycles. The number of pyridine rings is 1. The number of fused-ring (bicyclic) bond motifs is 1. The molecule has 3 aromatic rings. The summed E-state index contributed by atoms with van der Waals surface area (Å²) in [6.07, 6.45) is 5.79. The molecule has 4 rings (SSSR count). The average molecular weight is 364 g/mol. The standard InChI is InChI=1S/C21H24N4O2/c1-2-27-21(26)17(22)12-14-7-9-16(10-8-14)25-19(13-15-5-6-15)24-18-4-3-11-23-20(18)25/h3-4,7-11,15,17H,2,5-6,12-13,22H2,1H3/t17-/m0/s1. The van der Waals surface area contributed by atoms with Crippen LogP contribution in [-0.4, -0.2) is 33.2 Å². The minimum atomic E-state index is -0.642. The molecule has 1 aliphatic carbocycles. The second-order valence-electron chi connectivity index (χ2n) is 7.09. The number of aromatic nitrogens is 3. The van der Waals surface area contributed by atoms with Gasteiger partial charge >= 0.3 is 5.97 Å². The van der Waals surface area contributed by atoms with Crippen molar-refractivity contribution in [2.24, 2.45) is 11.7 Å². The molecule has 140 valence electrons. The minimum absolute atomic E-state index is 0.343. The van der Waals surface area contributed by atoms with Crippen molar-refractivity contribution in [1.29, 1.82) is 0 Å². The molecule has 27 heavy (non-hydrogen) atoms. The molecule has 0 spiro atoms. The first-order chi connectivity index (χ1) is 13.2. The molecule has 1 saturated carbocycles. The third-order valence-electron chi connectivity index (χ3n) is 4.89. The largest absolute Gasteiger partial charge is 0.465 e. The zero-order valence-electron chi connectivity index (χ0n) is 15.5. The molecule has 0 bridgehead atoms. The van der Waals surface area contributed by atoms with Gasteiger partial charge in [0.2, 0.25) is 0 Å². The Labute approximate surface area is 158 Å². The highest BCUT2D eigenvalue weighted by molar-refractivity contribution is 5.76. The Bertz CT molecular complexity index is 944. The Morgan fingerprint density at radius 3 is 2.78 bits per heavy atom. The molecule has 1 aliphatic rings. The van der Waals surface area contributed by atoms with Crippen molar-refractivity contribution in [2.75, 3.05) is 6.61 Å². The van der Waals surface area contributed by atoms with Crippen LogP contribution < -0.4 is 5.73 Å². The van der Waals surface area contributed by atoms with Gasteiger partial charge in [0.1, 0.15) is 17.4 Å². The van der Waals surface area contributed by atoms with Crippen LogP contribution in [0, 0.1) is 5.92 Å². The quantitative estimate of drug-likeness (QED) is 0.652. The van der Waals surface area contributed by atoms with E-state index in [2.05, 4.69) is 9.55 Å². The third kappa shape index (κ3) is 3.85. The van der Waals surface area contributed by atoms with Crippen LogP contribution in [0.25, 0.3) is 16.9 Å². The summed E-state index contributed by atoms with van der Waals surface area (Å²) in [7, 11) is 0. The molecule has 1 atom stereocenters. The van der Waals surface area contributed by atoms with E-state index in [1.807, 2.05) is 36.4 Å². The number of ether oxygens (including phenoxy) is 1.